The lowest BCUT2D eigenvalue weighted by molar-refractivity contribution is 0.991. The SMILES string of the molecule is CCC=CCCc1ccc(Br)cc1. The first-order valence-electron chi connectivity index (χ1n) is 4.72. The summed E-state index contributed by atoms with van der Waals surface area (Å²) >= 11 is 3.42. The summed E-state index contributed by atoms with van der Waals surface area (Å²) in [6.45, 7) is 2.16. The average Bonchev–Trinajstić information content (AvgIpc) is 2.15. The van der Waals surface area contributed by atoms with E-state index in [-0.39, 0.29) is 0 Å². The van der Waals surface area contributed by atoms with Gasteiger partial charge in [0.2, 0.25) is 0 Å². The van der Waals surface area contributed by atoms with Crippen LogP contribution in [0.1, 0.15) is 25.3 Å². The maximum atomic E-state index is 3.42. The van der Waals surface area contributed by atoms with Gasteiger partial charge in [-0.05, 0) is 37.0 Å². The number of aryl methyl sites for hydroxylation is 1. The molecule has 0 heterocycles. The minimum atomic E-state index is 1.14. The zero-order valence-electron chi connectivity index (χ0n) is 7.96. The van der Waals surface area contributed by atoms with E-state index >= 15 is 0 Å². The second-order valence-electron chi connectivity index (χ2n) is 3.04. The Morgan fingerprint density at radius 2 is 1.85 bits per heavy atom. The fourth-order valence-electron chi connectivity index (χ4n) is 1.19. The Labute approximate surface area is 88.8 Å². The summed E-state index contributed by atoms with van der Waals surface area (Å²) in [5, 5.41) is 0. The first kappa shape index (κ1) is 10.5. The Balaban J connectivity index is 2.37. The monoisotopic (exact) mass is 238 g/mol. The van der Waals surface area contributed by atoms with Crippen LogP contribution in [0.3, 0.4) is 0 Å². The molecule has 0 fully saturated rings. The van der Waals surface area contributed by atoms with Gasteiger partial charge < -0.3 is 0 Å². The lowest BCUT2D eigenvalue weighted by Gasteiger charge is -1.97. The van der Waals surface area contributed by atoms with Crippen LogP contribution >= 0.6 is 15.9 Å². The molecule has 0 spiro atoms. The van der Waals surface area contributed by atoms with E-state index < -0.39 is 0 Å². The summed E-state index contributed by atoms with van der Waals surface area (Å²) in [4.78, 5) is 0. The van der Waals surface area contributed by atoms with Crippen molar-refractivity contribution < 1.29 is 0 Å². The molecule has 0 amide bonds. The van der Waals surface area contributed by atoms with Crippen molar-refractivity contribution >= 4 is 15.9 Å². The smallest absolute Gasteiger partial charge is 0.0175 e. The average molecular weight is 239 g/mol. The lowest BCUT2D eigenvalue weighted by atomic mass is 10.1. The quantitative estimate of drug-likeness (QED) is 0.685. The topological polar surface area (TPSA) is 0 Å². The summed E-state index contributed by atoms with van der Waals surface area (Å²) in [6.07, 6.45) is 7.90. The van der Waals surface area contributed by atoms with E-state index in [9.17, 15) is 0 Å². The van der Waals surface area contributed by atoms with E-state index in [4.69, 9.17) is 0 Å². The van der Waals surface area contributed by atoms with Crippen LogP contribution in [0.4, 0.5) is 0 Å². The molecular formula is C12H15Br. The highest BCUT2D eigenvalue weighted by Gasteiger charge is 1.90. The summed E-state index contributed by atoms with van der Waals surface area (Å²) in [5.74, 6) is 0. The molecule has 0 aliphatic carbocycles. The van der Waals surface area contributed by atoms with Gasteiger partial charge in [-0.3, -0.25) is 0 Å². The zero-order chi connectivity index (χ0) is 9.52. The second kappa shape index (κ2) is 5.98. The normalized spacial score (nSPS) is 10.9. The van der Waals surface area contributed by atoms with Crippen LogP contribution in [0.15, 0.2) is 40.9 Å². The third-order valence-electron chi connectivity index (χ3n) is 1.92. The number of halogens is 1. The van der Waals surface area contributed by atoms with Crippen molar-refractivity contribution in [2.24, 2.45) is 0 Å². The molecule has 0 saturated heterocycles. The van der Waals surface area contributed by atoms with E-state index in [1.54, 1.807) is 0 Å². The highest BCUT2D eigenvalue weighted by atomic mass is 79.9. The predicted molar refractivity (Wildman–Crippen MR) is 61.9 cm³/mol. The minimum absolute atomic E-state index is 1.14. The van der Waals surface area contributed by atoms with Crippen molar-refractivity contribution in [3.05, 3.63) is 46.5 Å². The zero-order valence-corrected chi connectivity index (χ0v) is 9.55. The first-order valence-corrected chi connectivity index (χ1v) is 5.51. The molecule has 1 aromatic carbocycles. The minimum Gasteiger partial charge on any atom is -0.0888 e. The Bertz CT molecular complexity index is 259. The number of hydrogen-bond donors (Lipinski definition) is 0. The van der Waals surface area contributed by atoms with Crippen molar-refractivity contribution in [1.29, 1.82) is 0 Å². The molecule has 0 radical (unpaired) electrons. The van der Waals surface area contributed by atoms with E-state index in [1.165, 1.54) is 5.56 Å². The summed E-state index contributed by atoms with van der Waals surface area (Å²) in [7, 11) is 0. The molecule has 0 aliphatic heterocycles. The van der Waals surface area contributed by atoms with Gasteiger partial charge in [-0.25, -0.2) is 0 Å². The molecule has 13 heavy (non-hydrogen) atoms. The molecule has 0 aliphatic rings. The summed E-state index contributed by atoms with van der Waals surface area (Å²) < 4.78 is 1.15. The molecular weight excluding hydrogens is 224 g/mol. The van der Waals surface area contributed by atoms with Crippen LogP contribution in [0.2, 0.25) is 0 Å². The Hall–Kier alpha value is -0.560. The van der Waals surface area contributed by atoms with Gasteiger partial charge in [0.05, 0.1) is 0 Å². The van der Waals surface area contributed by atoms with Crippen molar-refractivity contribution in [1.82, 2.24) is 0 Å². The van der Waals surface area contributed by atoms with Crippen LogP contribution in [-0.4, -0.2) is 0 Å². The molecule has 0 aromatic heterocycles. The highest BCUT2D eigenvalue weighted by molar-refractivity contribution is 9.10. The van der Waals surface area contributed by atoms with Crippen molar-refractivity contribution in [2.45, 2.75) is 26.2 Å². The number of allylic oxidation sites excluding steroid dienone is 2. The van der Waals surface area contributed by atoms with Crippen molar-refractivity contribution in [2.75, 3.05) is 0 Å². The van der Waals surface area contributed by atoms with Gasteiger partial charge in [0.1, 0.15) is 0 Å². The fraction of sp³-hybridized carbons (Fsp3) is 0.333. The van der Waals surface area contributed by atoms with Gasteiger partial charge in [-0.1, -0.05) is 47.1 Å². The molecule has 1 heteroatoms. The van der Waals surface area contributed by atoms with E-state index in [1.807, 2.05) is 0 Å². The van der Waals surface area contributed by atoms with Gasteiger partial charge in [0.25, 0.3) is 0 Å². The lowest BCUT2D eigenvalue weighted by Crippen LogP contribution is -1.81. The Morgan fingerprint density at radius 1 is 1.15 bits per heavy atom. The maximum Gasteiger partial charge on any atom is 0.0175 e. The second-order valence-corrected chi connectivity index (χ2v) is 3.96. The summed E-state index contributed by atoms with van der Waals surface area (Å²) in [5.41, 5.74) is 1.41. The van der Waals surface area contributed by atoms with E-state index in [0.29, 0.717) is 0 Å². The molecule has 0 atom stereocenters. The molecule has 0 N–H and O–H groups in total. The van der Waals surface area contributed by atoms with Gasteiger partial charge in [0.15, 0.2) is 0 Å². The van der Waals surface area contributed by atoms with Gasteiger partial charge in [-0.15, -0.1) is 0 Å². The molecule has 1 aromatic rings. The van der Waals surface area contributed by atoms with Crippen molar-refractivity contribution in [3.63, 3.8) is 0 Å². The molecule has 70 valence electrons. The third-order valence-corrected chi connectivity index (χ3v) is 2.44. The highest BCUT2D eigenvalue weighted by Crippen LogP contribution is 2.11. The van der Waals surface area contributed by atoms with Crippen LogP contribution in [-0.2, 0) is 6.42 Å². The molecule has 1 rings (SSSR count). The predicted octanol–water partition coefficient (Wildman–Crippen LogP) is 4.35. The van der Waals surface area contributed by atoms with Crippen molar-refractivity contribution in [3.8, 4) is 0 Å². The number of hydrogen-bond acceptors (Lipinski definition) is 0. The largest absolute Gasteiger partial charge is 0.0888 e. The van der Waals surface area contributed by atoms with Gasteiger partial charge in [-0.2, -0.15) is 0 Å². The van der Waals surface area contributed by atoms with Gasteiger partial charge in [0, 0.05) is 4.47 Å². The number of rotatable bonds is 4. The maximum absolute atomic E-state index is 3.42. The number of benzene rings is 1. The summed E-state index contributed by atoms with van der Waals surface area (Å²) in [6, 6.07) is 8.53. The standard InChI is InChI=1S/C12H15Br/c1-2-3-4-5-6-11-7-9-12(13)10-8-11/h3-4,7-10H,2,5-6H2,1H3. The molecule has 0 bridgehead atoms. The van der Waals surface area contributed by atoms with E-state index in [0.717, 1.165) is 23.7 Å². The molecule has 0 nitrogen and oxygen atoms in total. The first-order chi connectivity index (χ1) is 6.33. The Kier molecular flexibility index (Phi) is 4.84. The fourth-order valence-corrected chi connectivity index (χ4v) is 1.45. The third kappa shape index (κ3) is 4.28. The van der Waals surface area contributed by atoms with Crippen LogP contribution < -0.4 is 0 Å². The van der Waals surface area contributed by atoms with Crippen LogP contribution in [0.25, 0.3) is 0 Å². The van der Waals surface area contributed by atoms with Crippen LogP contribution in [0, 0.1) is 0 Å². The van der Waals surface area contributed by atoms with Crippen LogP contribution in [0.5, 0.6) is 0 Å². The Morgan fingerprint density at radius 3 is 2.46 bits per heavy atom. The van der Waals surface area contributed by atoms with Gasteiger partial charge >= 0.3 is 0 Å². The molecule has 0 saturated carbocycles. The van der Waals surface area contributed by atoms with E-state index in [2.05, 4.69) is 59.3 Å². The molecule has 0 unspecified atom stereocenters.